The van der Waals surface area contributed by atoms with E-state index < -0.39 is 5.66 Å². The van der Waals surface area contributed by atoms with E-state index in [2.05, 4.69) is 186 Å². The molecule has 0 N–H and O–H groups in total. The second-order valence-electron chi connectivity index (χ2n) is 10.8. The molecule has 3 nitrogen and oxygen atoms in total. The molecule has 2 heterocycles. The predicted molar refractivity (Wildman–Crippen MR) is 178 cm³/mol. The second-order valence-corrected chi connectivity index (χ2v) is 10.8. The van der Waals surface area contributed by atoms with Gasteiger partial charge in [-0.25, -0.2) is 4.98 Å². The van der Waals surface area contributed by atoms with Crippen molar-refractivity contribution < 1.29 is 0 Å². The minimum atomic E-state index is -0.779. The maximum Gasteiger partial charge on any atom is 0.176 e. The molecule has 0 saturated carbocycles. The minimum Gasteiger partial charge on any atom is -0.306 e. The first-order chi connectivity index (χ1) is 21.4. The van der Waals surface area contributed by atoms with E-state index in [1.807, 2.05) is 0 Å². The SMILES string of the molecule is c1ccc(-c2nc3c(c4ccccc24)N(c2ccccc2)C(c2ccccc2)(c2ccccc2)N3c2ccccc2)cc1. The summed E-state index contributed by atoms with van der Waals surface area (Å²) in [5, 5.41) is 2.28. The van der Waals surface area contributed by atoms with Crippen LogP contribution < -0.4 is 9.80 Å². The van der Waals surface area contributed by atoms with Crippen LogP contribution in [0, 0.1) is 0 Å². The molecule has 0 radical (unpaired) electrons. The summed E-state index contributed by atoms with van der Waals surface area (Å²) in [6.45, 7) is 0. The van der Waals surface area contributed by atoms with Crippen LogP contribution in [0.25, 0.3) is 22.0 Å². The number of rotatable bonds is 5. The average Bonchev–Trinajstić information content (AvgIpc) is 3.42. The van der Waals surface area contributed by atoms with Crippen LogP contribution in [0.2, 0.25) is 0 Å². The molecule has 1 aromatic heterocycles. The Morgan fingerprint density at radius 3 is 1.35 bits per heavy atom. The van der Waals surface area contributed by atoms with E-state index in [4.69, 9.17) is 4.98 Å². The highest BCUT2D eigenvalue weighted by Gasteiger charge is 2.55. The van der Waals surface area contributed by atoms with E-state index in [0.717, 1.165) is 56.0 Å². The van der Waals surface area contributed by atoms with E-state index in [1.54, 1.807) is 0 Å². The summed E-state index contributed by atoms with van der Waals surface area (Å²) in [5.74, 6) is 0.917. The highest BCUT2D eigenvalue weighted by molar-refractivity contribution is 6.11. The normalized spacial score (nSPS) is 13.7. The number of para-hydroxylation sites is 2. The first-order valence-electron chi connectivity index (χ1n) is 14.7. The van der Waals surface area contributed by atoms with Gasteiger partial charge in [-0.05, 0) is 24.3 Å². The predicted octanol–water partition coefficient (Wildman–Crippen LogP) is 10.1. The lowest BCUT2D eigenvalue weighted by atomic mass is 9.87. The fourth-order valence-electron chi connectivity index (χ4n) is 6.65. The van der Waals surface area contributed by atoms with E-state index in [9.17, 15) is 0 Å². The number of hydrogen-bond acceptors (Lipinski definition) is 3. The number of nitrogens with zero attached hydrogens (tertiary/aromatic N) is 3. The van der Waals surface area contributed by atoms with Gasteiger partial charge in [0.05, 0.1) is 11.4 Å². The van der Waals surface area contributed by atoms with Gasteiger partial charge in [0.1, 0.15) is 0 Å². The number of fused-ring (bicyclic) bond motifs is 3. The number of pyridine rings is 1. The van der Waals surface area contributed by atoms with Crippen LogP contribution in [0.4, 0.5) is 22.9 Å². The molecule has 0 unspecified atom stereocenters. The van der Waals surface area contributed by atoms with Crippen molar-refractivity contribution in [1.29, 1.82) is 0 Å². The lowest BCUT2D eigenvalue weighted by molar-refractivity contribution is 0.558. The van der Waals surface area contributed by atoms with Gasteiger partial charge in [0.25, 0.3) is 0 Å². The zero-order valence-electron chi connectivity index (χ0n) is 23.6. The summed E-state index contributed by atoms with van der Waals surface area (Å²) in [4.78, 5) is 10.6. The van der Waals surface area contributed by atoms with Gasteiger partial charge in [0.15, 0.2) is 11.5 Å². The van der Waals surface area contributed by atoms with Gasteiger partial charge in [-0.15, -0.1) is 0 Å². The topological polar surface area (TPSA) is 19.4 Å². The third-order valence-corrected chi connectivity index (χ3v) is 8.38. The van der Waals surface area contributed by atoms with Crippen LogP contribution in [0.5, 0.6) is 0 Å². The Bertz CT molecular complexity index is 1970. The average molecular weight is 552 g/mol. The lowest BCUT2D eigenvalue weighted by Gasteiger charge is -2.46. The fraction of sp³-hybridized carbons (Fsp3) is 0.0250. The molecular formula is C40H29N3. The fourth-order valence-corrected chi connectivity index (χ4v) is 6.65. The molecular weight excluding hydrogens is 522 g/mol. The van der Waals surface area contributed by atoms with Crippen LogP contribution in [0.3, 0.4) is 0 Å². The van der Waals surface area contributed by atoms with Crippen LogP contribution in [0.1, 0.15) is 11.1 Å². The van der Waals surface area contributed by atoms with Crippen molar-refractivity contribution in [2.45, 2.75) is 5.66 Å². The Labute approximate surface area is 251 Å². The Kier molecular flexibility index (Phi) is 6.01. The zero-order chi connectivity index (χ0) is 28.6. The van der Waals surface area contributed by atoms with E-state index >= 15 is 0 Å². The first kappa shape index (κ1) is 25.1. The maximum atomic E-state index is 5.62. The highest BCUT2D eigenvalue weighted by atomic mass is 15.5. The highest BCUT2D eigenvalue weighted by Crippen LogP contribution is 2.61. The van der Waals surface area contributed by atoms with Crippen molar-refractivity contribution in [2.75, 3.05) is 9.80 Å². The Morgan fingerprint density at radius 2 is 0.814 bits per heavy atom. The first-order valence-corrected chi connectivity index (χ1v) is 14.7. The second kappa shape index (κ2) is 10.3. The van der Waals surface area contributed by atoms with E-state index in [1.165, 1.54) is 0 Å². The quantitative estimate of drug-likeness (QED) is 0.212. The molecule has 1 aliphatic heterocycles. The summed E-state index contributed by atoms with van der Waals surface area (Å²) in [5.41, 5.74) is 6.83. The van der Waals surface area contributed by atoms with Gasteiger partial charge < -0.3 is 4.90 Å². The van der Waals surface area contributed by atoms with Gasteiger partial charge in [0.2, 0.25) is 0 Å². The molecule has 7 aromatic rings. The zero-order valence-corrected chi connectivity index (χ0v) is 23.6. The molecule has 204 valence electrons. The summed E-state index contributed by atoms with van der Waals surface area (Å²) < 4.78 is 0. The van der Waals surface area contributed by atoms with Gasteiger partial charge in [0, 0.05) is 38.8 Å². The largest absolute Gasteiger partial charge is 0.306 e. The summed E-state index contributed by atoms with van der Waals surface area (Å²) in [7, 11) is 0. The molecule has 0 bridgehead atoms. The molecule has 0 spiro atoms. The molecule has 6 aromatic carbocycles. The monoisotopic (exact) mass is 551 g/mol. The van der Waals surface area contributed by atoms with E-state index in [-0.39, 0.29) is 0 Å². The molecule has 0 aliphatic carbocycles. The van der Waals surface area contributed by atoms with Crippen molar-refractivity contribution >= 4 is 33.7 Å². The molecule has 1 aliphatic rings. The molecule has 8 rings (SSSR count). The Morgan fingerprint density at radius 1 is 0.395 bits per heavy atom. The number of anilines is 4. The van der Waals surface area contributed by atoms with Gasteiger partial charge in [-0.3, -0.25) is 4.90 Å². The molecule has 43 heavy (non-hydrogen) atoms. The summed E-state index contributed by atoms with van der Waals surface area (Å²) in [6, 6.07) is 62.3. The molecule has 0 atom stereocenters. The van der Waals surface area contributed by atoms with Crippen molar-refractivity contribution in [3.8, 4) is 11.3 Å². The van der Waals surface area contributed by atoms with Crippen molar-refractivity contribution in [2.24, 2.45) is 0 Å². The van der Waals surface area contributed by atoms with Crippen LogP contribution in [0.15, 0.2) is 176 Å². The third kappa shape index (κ3) is 3.86. The van der Waals surface area contributed by atoms with E-state index in [0.29, 0.717) is 0 Å². The van der Waals surface area contributed by atoms with Crippen molar-refractivity contribution in [3.63, 3.8) is 0 Å². The van der Waals surface area contributed by atoms with Crippen LogP contribution >= 0.6 is 0 Å². The summed E-state index contributed by atoms with van der Waals surface area (Å²) in [6.07, 6.45) is 0. The number of hydrogen-bond donors (Lipinski definition) is 0. The Balaban J connectivity index is 1.60. The van der Waals surface area contributed by atoms with Crippen molar-refractivity contribution in [1.82, 2.24) is 4.98 Å². The molecule has 3 heteroatoms. The van der Waals surface area contributed by atoms with Crippen LogP contribution in [-0.2, 0) is 5.66 Å². The van der Waals surface area contributed by atoms with Crippen LogP contribution in [-0.4, -0.2) is 4.98 Å². The number of benzene rings is 6. The smallest absolute Gasteiger partial charge is 0.176 e. The van der Waals surface area contributed by atoms with Crippen molar-refractivity contribution in [3.05, 3.63) is 187 Å². The maximum absolute atomic E-state index is 5.62. The standard InChI is InChI=1S/C40H29N3/c1-6-18-30(19-7-1)37-35-28-16-17-29-36(35)38-39(41-37)43(34-26-14-5-15-27-34)40(31-20-8-2-9-21-31,32-22-10-3-11-23-32)42(38)33-24-12-4-13-25-33/h1-29H. The summed E-state index contributed by atoms with van der Waals surface area (Å²) >= 11 is 0. The third-order valence-electron chi connectivity index (χ3n) is 8.38. The minimum absolute atomic E-state index is 0.779. The van der Waals surface area contributed by atoms with Gasteiger partial charge in [-0.1, -0.05) is 152 Å². The Hall–Kier alpha value is -5.67. The van der Waals surface area contributed by atoms with Gasteiger partial charge >= 0.3 is 0 Å². The molecule has 0 saturated heterocycles. The molecule has 0 fully saturated rings. The number of aromatic nitrogens is 1. The lowest BCUT2D eigenvalue weighted by Crippen LogP contribution is -2.51. The molecule has 0 amide bonds. The van der Waals surface area contributed by atoms with Gasteiger partial charge in [-0.2, -0.15) is 0 Å².